The first-order chi connectivity index (χ1) is 9.16. The minimum Gasteiger partial charge on any atom is -0.479 e. The zero-order valence-electron chi connectivity index (χ0n) is 9.74. The fraction of sp³-hybridized carbons (Fsp3) is 0.0769. The Morgan fingerprint density at radius 2 is 1.84 bits per heavy atom. The van der Waals surface area contributed by atoms with Crippen molar-refractivity contribution in [1.29, 1.82) is 0 Å². The molecule has 0 aliphatic carbocycles. The second-order valence-electron chi connectivity index (χ2n) is 3.50. The van der Waals surface area contributed by atoms with Crippen molar-refractivity contribution < 1.29 is 24.2 Å². The third-order valence-corrected chi connectivity index (χ3v) is 2.98. The van der Waals surface area contributed by atoms with E-state index in [0.29, 0.717) is 4.88 Å². The molecule has 1 aromatic heterocycles. The maximum atomic E-state index is 11.8. The Labute approximate surface area is 113 Å². The second-order valence-corrected chi connectivity index (χ2v) is 4.44. The second kappa shape index (κ2) is 6.01. The highest BCUT2D eigenvalue weighted by Crippen LogP contribution is 2.27. The molecule has 0 saturated heterocycles. The van der Waals surface area contributed by atoms with Crippen LogP contribution < -0.4 is 9.47 Å². The molecule has 0 bridgehead atoms. The molecule has 1 aromatic carbocycles. The van der Waals surface area contributed by atoms with E-state index < -0.39 is 18.5 Å². The summed E-state index contributed by atoms with van der Waals surface area (Å²) in [4.78, 5) is 22.7. The summed E-state index contributed by atoms with van der Waals surface area (Å²) in [5, 5.41) is 10.3. The summed E-state index contributed by atoms with van der Waals surface area (Å²) >= 11 is 1.26. The Hall–Kier alpha value is -2.34. The summed E-state index contributed by atoms with van der Waals surface area (Å²) in [5.74, 6) is -1.18. The summed E-state index contributed by atoms with van der Waals surface area (Å²) in [5.41, 5.74) is 0. The van der Waals surface area contributed by atoms with Gasteiger partial charge in [0.05, 0.1) is 0 Å². The van der Waals surface area contributed by atoms with Crippen molar-refractivity contribution in [1.82, 2.24) is 0 Å². The highest BCUT2D eigenvalue weighted by molar-refractivity contribution is 7.12. The van der Waals surface area contributed by atoms with Crippen molar-refractivity contribution in [2.75, 3.05) is 6.61 Å². The van der Waals surface area contributed by atoms with Gasteiger partial charge in [-0.05, 0) is 23.6 Å². The van der Waals surface area contributed by atoms with Gasteiger partial charge in [-0.25, -0.2) is 9.59 Å². The van der Waals surface area contributed by atoms with Gasteiger partial charge in [0.15, 0.2) is 18.1 Å². The number of hydrogen-bond acceptors (Lipinski definition) is 5. The number of hydrogen-bond donors (Lipinski definition) is 1. The molecule has 6 heteroatoms. The molecule has 2 rings (SSSR count). The van der Waals surface area contributed by atoms with Crippen LogP contribution in [0.1, 0.15) is 9.67 Å². The molecule has 0 saturated carbocycles. The van der Waals surface area contributed by atoms with Crippen LogP contribution in [0, 0.1) is 0 Å². The molecule has 1 N–H and O–H groups in total. The van der Waals surface area contributed by atoms with Gasteiger partial charge < -0.3 is 14.6 Å². The van der Waals surface area contributed by atoms with Gasteiger partial charge in [-0.1, -0.05) is 18.2 Å². The number of ether oxygens (including phenoxy) is 2. The molecule has 0 spiro atoms. The van der Waals surface area contributed by atoms with Crippen LogP contribution in [0.15, 0.2) is 41.8 Å². The van der Waals surface area contributed by atoms with Gasteiger partial charge in [-0.3, -0.25) is 0 Å². The molecule has 2 aromatic rings. The van der Waals surface area contributed by atoms with Gasteiger partial charge >= 0.3 is 11.9 Å². The Balaban J connectivity index is 2.11. The quantitative estimate of drug-likeness (QED) is 0.671. The number of esters is 1. The fourth-order valence-electron chi connectivity index (χ4n) is 1.34. The Morgan fingerprint density at radius 1 is 1.11 bits per heavy atom. The average Bonchev–Trinajstić information content (AvgIpc) is 2.91. The topological polar surface area (TPSA) is 72.8 Å². The van der Waals surface area contributed by atoms with E-state index in [1.54, 1.807) is 41.8 Å². The predicted molar refractivity (Wildman–Crippen MR) is 68.9 cm³/mol. The van der Waals surface area contributed by atoms with Crippen LogP contribution in [0.2, 0.25) is 0 Å². The zero-order chi connectivity index (χ0) is 13.7. The van der Waals surface area contributed by atoms with Crippen molar-refractivity contribution in [2.24, 2.45) is 0 Å². The number of rotatable bonds is 5. The summed E-state index contributed by atoms with van der Waals surface area (Å²) in [6.45, 7) is -0.492. The third kappa shape index (κ3) is 3.56. The van der Waals surface area contributed by atoms with Crippen molar-refractivity contribution >= 4 is 23.3 Å². The number of carbonyl (C=O) groups excluding carboxylic acids is 1. The SMILES string of the molecule is O=C(O)COc1ccccc1OC(=O)c1cccs1. The molecule has 19 heavy (non-hydrogen) atoms. The number of carbonyl (C=O) groups is 2. The largest absolute Gasteiger partial charge is 0.479 e. The van der Waals surface area contributed by atoms with Crippen LogP contribution in [0.3, 0.4) is 0 Å². The summed E-state index contributed by atoms with van der Waals surface area (Å²) < 4.78 is 10.2. The smallest absolute Gasteiger partial charge is 0.353 e. The number of aliphatic carboxylic acids is 1. The first-order valence-corrected chi connectivity index (χ1v) is 6.24. The zero-order valence-corrected chi connectivity index (χ0v) is 10.6. The van der Waals surface area contributed by atoms with Gasteiger partial charge in [0.25, 0.3) is 0 Å². The van der Waals surface area contributed by atoms with E-state index in [2.05, 4.69) is 0 Å². The molecule has 0 aliphatic rings. The number of para-hydroxylation sites is 2. The highest BCUT2D eigenvalue weighted by Gasteiger charge is 2.13. The minimum atomic E-state index is -1.10. The van der Waals surface area contributed by atoms with Crippen LogP contribution >= 0.6 is 11.3 Å². The van der Waals surface area contributed by atoms with Crippen molar-refractivity contribution in [3.8, 4) is 11.5 Å². The molecule has 5 nitrogen and oxygen atoms in total. The molecule has 0 radical (unpaired) electrons. The summed E-state index contributed by atoms with van der Waals surface area (Å²) in [6.07, 6.45) is 0. The molecule has 1 heterocycles. The van der Waals surface area contributed by atoms with Gasteiger partial charge in [-0.2, -0.15) is 0 Å². The number of thiophene rings is 1. The molecule has 0 amide bonds. The van der Waals surface area contributed by atoms with Gasteiger partial charge in [0.2, 0.25) is 0 Å². The van der Waals surface area contributed by atoms with E-state index in [-0.39, 0.29) is 11.5 Å². The van der Waals surface area contributed by atoms with Crippen LogP contribution in [0.5, 0.6) is 11.5 Å². The van der Waals surface area contributed by atoms with E-state index in [1.165, 1.54) is 11.3 Å². The number of benzene rings is 1. The number of carboxylic acids is 1. The lowest BCUT2D eigenvalue weighted by Gasteiger charge is -2.09. The molecular formula is C13H10O5S. The maximum Gasteiger partial charge on any atom is 0.353 e. The Morgan fingerprint density at radius 3 is 2.47 bits per heavy atom. The lowest BCUT2D eigenvalue weighted by atomic mass is 10.3. The number of carboxylic acid groups (broad SMARTS) is 1. The first-order valence-electron chi connectivity index (χ1n) is 5.36. The Bertz CT molecular complexity index is 576. The third-order valence-electron chi connectivity index (χ3n) is 2.13. The molecule has 0 aliphatic heterocycles. The van der Waals surface area contributed by atoms with Crippen molar-refractivity contribution in [3.63, 3.8) is 0 Å². The van der Waals surface area contributed by atoms with Crippen molar-refractivity contribution in [2.45, 2.75) is 0 Å². The Kier molecular flexibility index (Phi) is 4.15. The van der Waals surface area contributed by atoms with E-state index in [4.69, 9.17) is 14.6 Å². The normalized spacial score (nSPS) is 9.89. The van der Waals surface area contributed by atoms with Gasteiger partial charge in [-0.15, -0.1) is 11.3 Å². The van der Waals surface area contributed by atoms with Crippen LogP contribution in [0.4, 0.5) is 0 Å². The van der Waals surface area contributed by atoms with Crippen molar-refractivity contribution in [3.05, 3.63) is 46.7 Å². The van der Waals surface area contributed by atoms with E-state index >= 15 is 0 Å². The molecule has 0 unspecified atom stereocenters. The first kappa shape index (κ1) is 13.1. The lowest BCUT2D eigenvalue weighted by molar-refractivity contribution is -0.139. The predicted octanol–water partition coefficient (Wildman–Crippen LogP) is 2.43. The average molecular weight is 278 g/mol. The van der Waals surface area contributed by atoms with Crippen LogP contribution in [0.25, 0.3) is 0 Å². The fourth-order valence-corrected chi connectivity index (χ4v) is 1.94. The highest BCUT2D eigenvalue weighted by atomic mass is 32.1. The molecule has 0 atom stereocenters. The summed E-state index contributed by atoms with van der Waals surface area (Å²) in [6, 6.07) is 9.81. The maximum absolute atomic E-state index is 11.8. The van der Waals surface area contributed by atoms with Gasteiger partial charge in [0.1, 0.15) is 4.88 Å². The van der Waals surface area contributed by atoms with E-state index in [0.717, 1.165) is 0 Å². The molecule has 0 fully saturated rings. The van der Waals surface area contributed by atoms with Gasteiger partial charge in [0, 0.05) is 0 Å². The van der Waals surface area contributed by atoms with Crippen LogP contribution in [-0.2, 0) is 4.79 Å². The van der Waals surface area contributed by atoms with E-state index in [9.17, 15) is 9.59 Å². The summed E-state index contributed by atoms with van der Waals surface area (Å²) in [7, 11) is 0. The molecule has 98 valence electrons. The standard InChI is InChI=1S/C13H10O5S/c14-12(15)8-17-9-4-1-2-5-10(9)18-13(16)11-6-3-7-19-11/h1-7H,8H2,(H,14,15). The van der Waals surface area contributed by atoms with Crippen LogP contribution in [-0.4, -0.2) is 23.7 Å². The monoisotopic (exact) mass is 278 g/mol. The lowest BCUT2D eigenvalue weighted by Crippen LogP contribution is -2.12. The molecular weight excluding hydrogens is 268 g/mol. The van der Waals surface area contributed by atoms with E-state index in [1.807, 2.05) is 0 Å². The minimum absolute atomic E-state index is 0.196.